The fraction of sp³-hybridized carbons (Fsp3) is 0.304. The number of nitrogens with two attached hydrogens (primary N) is 1. The summed E-state index contributed by atoms with van der Waals surface area (Å²) in [7, 11) is 0. The molecule has 14 heteroatoms. The van der Waals surface area contributed by atoms with Crippen LogP contribution in [0.3, 0.4) is 0 Å². The molecular weight excluding hydrogens is 515 g/mol. The van der Waals surface area contributed by atoms with E-state index in [0.29, 0.717) is 16.3 Å². The van der Waals surface area contributed by atoms with Gasteiger partial charge in [-0.15, -0.1) is 5.10 Å². The number of β-amino-alcohol motifs (C(OH)–C–C–N with tert-alkyl or cyclic N) is 1. The first kappa shape index (κ1) is 26.4. The molecule has 2 atom stereocenters. The smallest absolute Gasteiger partial charge is 0.382 e. The number of rotatable bonds is 7. The van der Waals surface area contributed by atoms with Crippen LogP contribution in [0.1, 0.15) is 33.1 Å². The number of carbonyl (C=O) groups excluding carboxylic acids is 1. The number of carbonyl (C=O) groups is 1. The average molecular weight is 538 g/mol. The zero-order valence-electron chi connectivity index (χ0n) is 19.7. The minimum Gasteiger partial charge on any atom is -0.382 e. The Morgan fingerprint density at radius 1 is 1.16 bits per heavy atom. The quantitative estimate of drug-likeness (QED) is 0.421. The molecule has 1 aromatic heterocycles. The molecule has 0 aliphatic carbocycles. The van der Waals surface area contributed by atoms with E-state index in [2.05, 4.69) is 15.2 Å². The maximum Gasteiger partial charge on any atom is 0.416 e. The number of hydrogen-bond acceptors (Lipinski definition) is 8. The number of aliphatic hydroxyl groups excluding tert-OH is 2. The number of hydrogen-bond donors (Lipinski definition) is 3. The third kappa shape index (κ3) is 5.38. The number of benzene rings is 2. The zero-order chi connectivity index (χ0) is 27.1. The number of nitrogens with zero attached hydrogens (tertiary/aromatic N) is 6. The summed E-state index contributed by atoms with van der Waals surface area (Å²) in [4.78, 5) is 17.2. The van der Waals surface area contributed by atoms with Crippen molar-refractivity contribution in [3.05, 3.63) is 75.8 Å². The van der Waals surface area contributed by atoms with Crippen molar-refractivity contribution in [2.45, 2.75) is 39.0 Å². The van der Waals surface area contributed by atoms with E-state index >= 15 is 0 Å². The summed E-state index contributed by atoms with van der Waals surface area (Å²) in [6.45, 7) is 2.38. The van der Waals surface area contributed by atoms with Crippen molar-refractivity contribution >= 4 is 23.3 Å². The highest BCUT2D eigenvalue weighted by molar-refractivity contribution is 6.30. The van der Waals surface area contributed by atoms with E-state index in [0.717, 1.165) is 21.0 Å². The summed E-state index contributed by atoms with van der Waals surface area (Å²) in [6, 6.07) is 11.6. The molecule has 4 N–H and O–H groups in total. The van der Waals surface area contributed by atoms with Gasteiger partial charge in [0, 0.05) is 10.6 Å². The summed E-state index contributed by atoms with van der Waals surface area (Å²) >= 11 is 5.92. The number of hydrazone groups is 1. The van der Waals surface area contributed by atoms with Crippen LogP contribution in [-0.4, -0.2) is 71.8 Å². The minimum absolute atomic E-state index is 0.0308. The summed E-state index contributed by atoms with van der Waals surface area (Å²) in [5.74, 6) is -0.999. The molecule has 0 saturated carbocycles. The molecule has 0 spiro atoms. The summed E-state index contributed by atoms with van der Waals surface area (Å²) < 4.78 is 40.6. The van der Waals surface area contributed by atoms with Crippen molar-refractivity contribution in [2.75, 3.05) is 6.54 Å². The molecular formula is C23H23ClF3N7O3. The van der Waals surface area contributed by atoms with Crippen molar-refractivity contribution in [3.63, 3.8) is 0 Å². The van der Waals surface area contributed by atoms with Gasteiger partial charge in [-0.05, 0) is 49.2 Å². The Balaban J connectivity index is 1.70. The third-order valence-corrected chi connectivity index (χ3v) is 5.97. The maximum atomic E-state index is 13.1. The van der Waals surface area contributed by atoms with Crippen LogP contribution in [-0.2, 0) is 6.54 Å². The molecule has 37 heavy (non-hydrogen) atoms. The lowest BCUT2D eigenvalue weighted by Gasteiger charge is -2.29. The Morgan fingerprint density at radius 2 is 1.78 bits per heavy atom. The molecule has 0 bridgehead atoms. The first-order valence-corrected chi connectivity index (χ1v) is 11.4. The summed E-state index contributed by atoms with van der Waals surface area (Å²) in [5, 5.41) is 30.6. The molecule has 0 saturated heterocycles. The monoisotopic (exact) mass is 537 g/mol. The molecule has 0 radical (unpaired) electrons. The highest BCUT2D eigenvalue weighted by atomic mass is 35.5. The zero-order valence-corrected chi connectivity index (χ0v) is 20.4. The predicted molar refractivity (Wildman–Crippen MR) is 128 cm³/mol. The van der Waals surface area contributed by atoms with Gasteiger partial charge in [0.05, 0.1) is 12.2 Å². The minimum atomic E-state index is -4.92. The number of aryl methyl sites for hydroxylation is 2. The second kappa shape index (κ2) is 10.00. The normalized spacial score (nSPS) is 16.8. The van der Waals surface area contributed by atoms with Crippen LogP contribution < -0.4 is 5.73 Å². The Bertz CT molecular complexity index is 1320. The Hall–Kier alpha value is -3.68. The van der Waals surface area contributed by atoms with Gasteiger partial charge in [-0.3, -0.25) is 4.79 Å². The van der Waals surface area contributed by atoms with Gasteiger partial charge in [0.2, 0.25) is 12.2 Å². The summed E-state index contributed by atoms with van der Waals surface area (Å²) in [6.07, 6.45) is -9.37. The number of amidine groups is 1. The Labute approximate surface area is 214 Å². The summed E-state index contributed by atoms with van der Waals surface area (Å²) in [5.41, 5.74) is 8.07. The molecule has 4 rings (SSSR count). The first-order chi connectivity index (χ1) is 17.4. The number of halogens is 4. The number of amides is 1. The van der Waals surface area contributed by atoms with E-state index in [-0.39, 0.29) is 24.0 Å². The highest BCUT2D eigenvalue weighted by Crippen LogP contribution is 2.27. The number of aromatic nitrogens is 3. The lowest BCUT2D eigenvalue weighted by atomic mass is 10.1. The SMILES string of the molecule is Cc1cccc(C)c1-n1nc(CN2N=C(c3ccc(Cl)cc3)N(C[C@H](O)C(F)(F)F)C2O)nc1C(N)=O. The number of alkyl halides is 3. The second-order valence-electron chi connectivity index (χ2n) is 8.45. The van der Waals surface area contributed by atoms with Crippen LogP contribution in [0.15, 0.2) is 47.6 Å². The number of primary amides is 1. The largest absolute Gasteiger partial charge is 0.416 e. The van der Waals surface area contributed by atoms with E-state index in [4.69, 9.17) is 17.3 Å². The van der Waals surface area contributed by atoms with E-state index in [1.165, 1.54) is 28.9 Å². The van der Waals surface area contributed by atoms with Crippen molar-refractivity contribution < 1.29 is 28.2 Å². The topological polar surface area (TPSA) is 133 Å². The lowest BCUT2D eigenvalue weighted by Crippen LogP contribution is -2.49. The van der Waals surface area contributed by atoms with E-state index in [1.54, 1.807) is 0 Å². The van der Waals surface area contributed by atoms with Crippen molar-refractivity contribution in [1.29, 1.82) is 0 Å². The van der Waals surface area contributed by atoms with Crippen LogP contribution >= 0.6 is 11.6 Å². The van der Waals surface area contributed by atoms with Crippen LogP contribution in [0.5, 0.6) is 0 Å². The van der Waals surface area contributed by atoms with Crippen LogP contribution in [0, 0.1) is 13.8 Å². The Kier molecular flexibility index (Phi) is 7.13. The molecule has 3 aromatic rings. The fourth-order valence-electron chi connectivity index (χ4n) is 3.93. The molecule has 1 unspecified atom stereocenters. The lowest BCUT2D eigenvalue weighted by molar-refractivity contribution is -0.212. The fourth-order valence-corrected chi connectivity index (χ4v) is 4.06. The molecule has 1 amide bonds. The van der Waals surface area contributed by atoms with Crippen molar-refractivity contribution in [3.8, 4) is 5.69 Å². The van der Waals surface area contributed by atoms with Gasteiger partial charge in [0.15, 0.2) is 17.8 Å². The maximum absolute atomic E-state index is 13.1. The van der Waals surface area contributed by atoms with Crippen LogP contribution in [0.25, 0.3) is 5.69 Å². The molecule has 1 aliphatic rings. The van der Waals surface area contributed by atoms with Gasteiger partial charge in [-0.2, -0.15) is 18.3 Å². The van der Waals surface area contributed by atoms with E-state index < -0.39 is 31.1 Å². The van der Waals surface area contributed by atoms with Crippen molar-refractivity contribution in [1.82, 2.24) is 24.7 Å². The average Bonchev–Trinajstić information content (AvgIpc) is 3.36. The second-order valence-corrected chi connectivity index (χ2v) is 8.89. The van der Waals surface area contributed by atoms with E-state index in [1.807, 2.05) is 32.0 Å². The highest BCUT2D eigenvalue weighted by Gasteiger charge is 2.43. The predicted octanol–water partition coefficient (Wildman–Crippen LogP) is 2.31. The van der Waals surface area contributed by atoms with Crippen molar-refractivity contribution in [2.24, 2.45) is 10.8 Å². The van der Waals surface area contributed by atoms with Gasteiger partial charge in [-0.1, -0.05) is 29.8 Å². The first-order valence-electron chi connectivity index (χ1n) is 11.0. The van der Waals surface area contributed by atoms with Crippen LogP contribution in [0.4, 0.5) is 13.2 Å². The van der Waals surface area contributed by atoms with Gasteiger partial charge < -0.3 is 20.8 Å². The number of aliphatic hydroxyl groups is 2. The molecule has 10 nitrogen and oxygen atoms in total. The van der Waals surface area contributed by atoms with Gasteiger partial charge in [-0.25, -0.2) is 14.7 Å². The van der Waals surface area contributed by atoms with Crippen LogP contribution in [0.2, 0.25) is 5.02 Å². The number of para-hydroxylation sites is 1. The van der Waals surface area contributed by atoms with E-state index in [9.17, 15) is 28.2 Å². The molecule has 1 aliphatic heterocycles. The molecule has 0 fully saturated rings. The van der Waals surface area contributed by atoms with Gasteiger partial charge >= 0.3 is 6.18 Å². The standard InChI is InChI=1S/C23H23ClF3N7O3/c1-12-4-3-5-13(2)18(12)34-21(19(28)36)29-17(30-34)11-33-22(37)32(10-16(35)23(25,26)27)20(31-33)14-6-8-15(24)9-7-14/h3-9,16,22,35,37H,10-11H2,1-2H3,(H2,28,36)/t16-,22?/m0/s1. The van der Waals surface area contributed by atoms with Gasteiger partial charge in [0.1, 0.15) is 6.54 Å². The molecule has 196 valence electrons. The Morgan fingerprint density at radius 3 is 2.35 bits per heavy atom. The molecule has 2 aromatic carbocycles. The third-order valence-electron chi connectivity index (χ3n) is 5.72. The molecule has 2 heterocycles. The van der Waals surface area contributed by atoms with Gasteiger partial charge in [0.25, 0.3) is 5.91 Å².